The van der Waals surface area contributed by atoms with Crippen molar-refractivity contribution in [2.75, 3.05) is 18.8 Å². The first-order chi connectivity index (χ1) is 14.0. The summed E-state index contributed by atoms with van der Waals surface area (Å²) in [6.45, 7) is 0.700. The summed E-state index contributed by atoms with van der Waals surface area (Å²) in [5, 5.41) is 3.05. The van der Waals surface area contributed by atoms with Crippen LogP contribution in [0.2, 0.25) is 5.02 Å². The highest BCUT2D eigenvalue weighted by atomic mass is 35.5. The minimum absolute atomic E-state index is 0.0902. The number of fused-ring (bicyclic) bond motifs is 1. The monoisotopic (exact) mass is 432 g/mol. The molecular weight excluding hydrogens is 419 g/mol. The van der Waals surface area contributed by atoms with Gasteiger partial charge >= 0.3 is 6.03 Å². The Hall–Kier alpha value is -2.91. The third-order valence-corrected chi connectivity index (χ3v) is 5.60. The van der Waals surface area contributed by atoms with Gasteiger partial charge in [0, 0.05) is 13.1 Å². The van der Waals surface area contributed by atoms with Crippen molar-refractivity contribution in [3.63, 3.8) is 0 Å². The highest BCUT2D eigenvalue weighted by Gasteiger charge is 2.26. The molecule has 1 aliphatic rings. The third kappa shape index (κ3) is 3.70. The third-order valence-electron chi connectivity index (χ3n) is 4.39. The molecule has 2 aromatic carbocycles. The molecule has 0 spiro atoms. The molecule has 0 saturated carbocycles. The second-order valence-corrected chi connectivity index (χ2v) is 7.57. The van der Waals surface area contributed by atoms with Gasteiger partial charge in [-0.3, -0.25) is 19.1 Å². The van der Waals surface area contributed by atoms with Crippen LogP contribution in [0.1, 0.15) is 0 Å². The second kappa shape index (κ2) is 7.84. The summed E-state index contributed by atoms with van der Waals surface area (Å²) in [4.78, 5) is 42.8. The molecule has 1 N–H and O–H groups in total. The maximum absolute atomic E-state index is 13.6. The fourth-order valence-electron chi connectivity index (χ4n) is 2.97. The Bertz CT molecular complexity index is 1200. The van der Waals surface area contributed by atoms with E-state index in [1.165, 1.54) is 16.7 Å². The van der Waals surface area contributed by atoms with Crippen molar-refractivity contribution < 1.29 is 14.0 Å². The molecule has 0 atom stereocenters. The number of carbonyl (C=O) groups excluding carboxylic acids is 2. The zero-order valence-corrected chi connectivity index (χ0v) is 16.5. The molecule has 0 unspecified atom stereocenters. The SMILES string of the molecule is O=C(CSc1nc2ccccc2c(=O)n1-c1ccc(F)c(Cl)c1)N1CCNC1=O. The first-order valence-corrected chi connectivity index (χ1v) is 10.0. The number of nitrogens with zero attached hydrogens (tertiary/aromatic N) is 3. The van der Waals surface area contributed by atoms with Crippen LogP contribution in [0.25, 0.3) is 16.6 Å². The standard InChI is InChI=1S/C19H14ClFN4O3S/c20-13-9-11(5-6-14(13)21)25-17(27)12-3-1-2-4-15(12)23-19(25)29-10-16(26)24-8-7-22-18(24)28/h1-6,9H,7-8,10H2,(H,22,28). The van der Waals surface area contributed by atoms with Crippen LogP contribution in [-0.2, 0) is 4.79 Å². The zero-order chi connectivity index (χ0) is 20.5. The Balaban J connectivity index is 1.77. The van der Waals surface area contributed by atoms with Crippen LogP contribution in [-0.4, -0.2) is 45.2 Å². The Morgan fingerprint density at radius 3 is 2.76 bits per heavy atom. The van der Waals surface area contributed by atoms with E-state index < -0.39 is 17.8 Å². The number of nitrogens with one attached hydrogen (secondary N) is 1. The summed E-state index contributed by atoms with van der Waals surface area (Å²) < 4.78 is 14.9. The highest BCUT2D eigenvalue weighted by molar-refractivity contribution is 7.99. The number of aromatic nitrogens is 2. The molecule has 0 aliphatic carbocycles. The fraction of sp³-hybridized carbons (Fsp3) is 0.158. The lowest BCUT2D eigenvalue weighted by Gasteiger charge is -2.15. The number of rotatable bonds is 4. The first kappa shape index (κ1) is 19.4. The molecule has 7 nitrogen and oxygen atoms in total. The van der Waals surface area contributed by atoms with E-state index in [4.69, 9.17) is 11.6 Å². The molecule has 1 saturated heterocycles. The number of hydrogen-bond donors (Lipinski definition) is 1. The molecule has 0 radical (unpaired) electrons. The molecule has 148 valence electrons. The Morgan fingerprint density at radius 1 is 1.24 bits per heavy atom. The summed E-state index contributed by atoms with van der Waals surface area (Å²) in [7, 11) is 0. The highest BCUT2D eigenvalue weighted by Crippen LogP contribution is 2.24. The topological polar surface area (TPSA) is 84.3 Å². The van der Waals surface area contributed by atoms with Crippen LogP contribution in [0.15, 0.2) is 52.4 Å². The van der Waals surface area contributed by atoms with E-state index in [2.05, 4.69) is 10.3 Å². The molecule has 4 rings (SSSR count). The average Bonchev–Trinajstić information content (AvgIpc) is 3.14. The Morgan fingerprint density at radius 2 is 2.03 bits per heavy atom. The second-order valence-electron chi connectivity index (χ2n) is 6.22. The van der Waals surface area contributed by atoms with Gasteiger partial charge in [-0.25, -0.2) is 14.2 Å². The molecule has 29 heavy (non-hydrogen) atoms. The number of carbonyl (C=O) groups is 2. The molecule has 1 fully saturated rings. The van der Waals surface area contributed by atoms with Gasteiger partial charge < -0.3 is 5.32 Å². The predicted molar refractivity (Wildman–Crippen MR) is 108 cm³/mol. The van der Waals surface area contributed by atoms with Gasteiger partial charge in [0.05, 0.1) is 27.4 Å². The van der Waals surface area contributed by atoms with E-state index in [9.17, 15) is 18.8 Å². The quantitative estimate of drug-likeness (QED) is 0.506. The predicted octanol–water partition coefficient (Wildman–Crippen LogP) is 2.82. The summed E-state index contributed by atoms with van der Waals surface area (Å²) in [6, 6.07) is 10.3. The van der Waals surface area contributed by atoms with Crippen LogP contribution < -0.4 is 10.9 Å². The molecule has 0 bridgehead atoms. The van der Waals surface area contributed by atoms with Gasteiger partial charge in [-0.15, -0.1) is 0 Å². The molecule has 1 aromatic heterocycles. The fourth-order valence-corrected chi connectivity index (χ4v) is 4.04. The summed E-state index contributed by atoms with van der Waals surface area (Å²) in [5.41, 5.74) is 0.427. The van der Waals surface area contributed by atoms with E-state index in [1.54, 1.807) is 24.3 Å². The summed E-state index contributed by atoms with van der Waals surface area (Å²) in [5.74, 6) is -1.09. The van der Waals surface area contributed by atoms with Gasteiger partial charge in [-0.2, -0.15) is 0 Å². The van der Waals surface area contributed by atoms with Crippen LogP contribution in [0.4, 0.5) is 9.18 Å². The van der Waals surface area contributed by atoms with Gasteiger partial charge in [-0.05, 0) is 30.3 Å². The summed E-state index contributed by atoms with van der Waals surface area (Å²) >= 11 is 6.92. The lowest BCUT2D eigenvalue weighted by Crippen LogP contribution is -2.35. The van der Waals surface area contributed by atoms with Crippen molar-refractivity contribution in [1.29, 1.82) is 0 Å². The zero-order valence-electron chi connectivity index (χ0n) is 14.9. The molecule has 2 heterocycles. The lowest BCUT2D eigenvalue weighted by atomic mass is 10.2. The lowest BCUT2D eigenvalue weighted by molar-refractivity contribution is -0.124. The minimum atomic E-state index is -0.610. The Labute approximate surface area is 173 Å². The molecule has 3 amide bonds. The number of urea groups is 1. The number of para-hydroxylation sites is 1. The van der Waals surface area contributed by atoms with Crippen molar-refractivity contribution in [3.05, 3.63) is 63.7 Å². The van der Waals surface area contributed by atoms with Gasteiger partial charge in [0.2, 0.25) is 5.91 Å². The molecule has 1 aliphatic heterocycles. The van der Waals surface area contributed by atoms with Crippen molar-refractivity contribution in [3.8, 4) is 5.69 Å². The van der Waals surface area contributed by atoms with E-state index in [-0.39, 0.29) is 21.5 Å². The number of imide groups is 1. The van der Waals surface area contributed by atoms with E-state index in [0.29, 0.717) is 29.7 Å². The molecule has 10 heteroatoms. The van der Waals surface area contributed by atoms with Crippen molar-refractivity contribution in [1.82, 2.24) is 19.8 Å². The Kier molecular flexibility index (Phi) is 5.25. The van der Waals surface area contributed by atoms with E-state index in [0.717, 1.165) is 22.7 Å². The maximum Gasteiger partial charge on any atom is 0.324 e. The van der Waals surface area contributed by atoms with Crippen molar-refractivity contribution >= 4 is 46.2 Å². The van der Waals surface area contributed by atoms with Gasteiger partial charge in [-0.1, -0.05) is 35.5 Å². The van der Waals surface area contributed by atoms with Gasteiger partial charge in [0.1, 0.15) is 5.82 Å². The van der Waals surface area contributed by atoms with E-state index in [1.807, 2.05) is 0 Å². The number of hydrogen-bond acceptors (Lipinski definition) is 5. The van der Waals surface area contributed by atoms with Crippen molar-refractivity contribution in [2.24, 2.45) is 0 Å². The maximum atomic E-state index is 13.6. The van der Waals surface area contributed by atoms with Crippen LogP contribution in [0, 0.1) is 5.82 Å². The number of halogens is 2. The van der Waals surface area contributed by atoms with Crippen LogP contribution in [0.5, 0.6) is 0 Å². The van der Waals surface area contributed by atoms with Gasteiger partial charge in [0.15, 0.2) is 5.16 Å². The smallest absolute Gasteiger partial charge is 0.324 e. The number of benzene rings is 2. The summed E-state index contributed by atoms with van der Waals surface area (Å²) in [6.07, 6.45) is 0. The molecular formula is C19H14ClFN4O3S. The average molecular weight is 433 g/mol. The van der Waals surface area contributed by atoms with E-state index >= 15 is 0 Å². The molecule has 3 aromatic rings. The van der Waals surface area contributed by atoms with Crippen LogP contribution >= 0.6 is 23.4 Å². The number of thioether (sulfide) groups is 1. The first-order valence-electron chi connectivity index (χ1n) is 8.64. The van der Waals surface area contributed by atoms with Gasteiger partial charge in [0.25, 0.3) is 5.56 Å². The minimum Gasteiger partial charge on any atom is -0.336 e. The van der Waals surface area contributed by atoms with Crippen molar-refractivity contribution in [2.45, 2.75) is 5.16 Å². The van der Waals surface area contributed by atoms with Crippen LogP contribution in [0.3, 0.4) is 0 Å². The largest absolute Gasteiger partial charge is 0.336 e. The normalized spacial score (nSPS) is 13.7. The number of amides is 3.